The number of H-pyrrole nitrogens is 1. The van der Waals surface area contributed by atoms with Gasteiger partial charge in [-0.25, -0.2) is 4.79 Å². The topological polar surface area (TPSA) is 152 Å². The zero-order chi connectivity index (χ0) is 24.9. The van der Waals surface area contributed by atoms with Crippen molar-refractivity contribution in [2.45, 2.75) is 70.5 Å². The standard InChI is InChI=1S/C23H32N4O7/c1-4-23-13-33-17(18(23)29)21(34-23)27-12-16(20(31)26-22(27)32)9-7-11-25-19(30)14(2)8-5-6-10-24-15(3)28/h12,14,17-18,21,29H,4-6,8,10-11,13H2,1-3H3,(H,24,28)(H,25,30)(H,26,31,32)/t14?,17?,18-,21-,23+/m1/s1. The van der Waals surface area contributed by atoms with Gasteiger partial charge in [-0.1, -0.05) is 32.1 Å². The molecule has 2 bridgehead atoms. The van der Waals surface area contributed by atoms with E-state index >= 15 is 0 Å². The van der Waals surface area contributed by atoms with Crippen molar-refractivity contribution in [3.8, 4) is 11.8 Å². The first-order valence-electron chi connectivity index (χ1n) is 11.5. The molecule has 0 radical (unpaired) electrons. The van der Waals surface area contributed by atoms with Crippen LogP contribution in [-0.4, -0.2) is 64.0 Å². The third kappa shape index (κ3) is 5.58. The Labute approximate surface area is 197 Å². The Morgan fingerprint density at radius 2 is 2.12 bits per heavy atom. The molecule has 5 atom stereocenters. The molecule has 2 amide bonds. The summed E-state index contributed by atoms with van der Waals surface area (Å²) in [5.74, 6) is 4.97. The lowest BCUT2D eigenvalue weighted by Gasteiger charge is -2.30. The highest BCUT2D eigenvalue weighted by Gasteiger charge is 2.60. The maximum Gasteiger partial charge on any atom is 0.330 e. The number of ether oxygens (including phenoxy) is 2. The lowest BCUT2D eigenvalue weighted by Crippen LogP contribution is -2.41. The van der Waals surface area contributed by atoms with Crippen LogP contribution in [0.3, 0.4) is 0 Å². The van der Waals surface area contributed by atoms with Crippen LogP contribution < -0.4 is 21.9 Å². The molecule has 0 aliphatic carbocycles. The highest BCUT2D eigenvalue weighted by atomic mass is 16.6. The molecule has 34 heavy (non-hydrogen) atoms. The van der Waals surface area contributed by atoms with Gasteiger partial charge in [-0.2, -0.15) is 0 Å². The van der Waals surface area contributed by atoms with Gasteiger partial charge in [0.25, 0.3) is 5.56 Å². The van der Waals surface area contributed by atoms with Gasteiger partial charge >= 0.3 is 5.69 Å². The zero-order valence-corrected chi connectivity index (χ0v) is 19.7. The minimum Gasteiger partial charge on any atom is -0.387 e. The first-order valence-corrected chi connectivity index (χ1v) is 11.5. The molecule has 2 saturated heterocycles. The molecular weight excluding hydrogens is 444 g/mol. The quantitative estimate of drug-likeness (QED) is 0.274. The Morgan fingerprint density at radius 3 is 2.79 bits per heavy atom. The average molecular weight is 477 g/mol. The van der Waals surface area contributed by atoms with Crippen molar-refractivity contribution >= 4 is 11.8 Å². The minimum atomic E-state index is -0.876. The van der Waals surface area contributed by atoms with Crippen LogP contribution in [-0.2, 0) is 19.1 Å². The normalized spacial score (nSPS) is 25.9. The number of amides is 2. The smallest absolute Gasteiger partial charge is 0.330 e. The summed E-state index contributed by atoms with van der Waals surface area (Å²) < 4.78 is 12.8. The van der Waals surface area contributed by atoms with Crippen LogP contribution in [0.2, 0.25) is 0 Å². The van der Waals surface area contributed by atoms with E-state index in [-0.39, 0.29) is 36.4 Å². The number of hydrogen-bond acceptors (Lipinski definition) is 7. The predicted octanol–water partition coefficient (Wildman–Crippen LogP) is -0.616. The van der Waals surface area contributed by atoms with Crippen molar-refractivity contribution in [2.24, 2.45) is 5.92 Å². The van der Waals surface area contributed by atoms with Crippen molar-refractivity contribution in [3.05, 3.63) is 32.6 Å². The summed E-state index contributed by atoms with van der Waals surface area (Å²) in [4.78, 5) is 49.8. The van der Waals surface area contributed by atoms with Crippen molar-refractivity contribution in [1.29, 1.82) is 0 Å². The van der Waals surface area contributed by atoms with E-state index in [1.165, 1.54) is 17.7 Å². The van der Waals surface area contributed by atoms with Gasteiger partial charge in [-0.3, -0.25) is 23.9 Å². The van der Waals surface area contributed by atoms with Gasteiger partial charge in [-0.05, 0) is 19.3 Å². The molecule has 2 unspecified atom stereocenters. The summed E-state index contributed by atoms with van der Waals surface area (Å²) in [6.45, 7) is 6.01. The van der Waals surface area contributed by atoms with Crippen LogP contribution in [0.1, 0.15) is 58.2 Å². The number of nitrogens with one attached hydrogen (secondary N) is 3. The fraction of sp³-hybridized carbons (Fsp3) is 0.652. The molecule has 3 rings (SSSR count). The number of aliphatic hydroxyl groups is 1. The summed E-state index contributed by atoms with van der Waals surface area (Å²) in [6.07, 6.45) is 1.61. The van der Waals surface area contributed by atoms with Gasteiger partial charge in [0.15, 0.2) is 6.23 Å². The van der Waals surface area contributed by atoms with Crippen molar-refractivity contribution in [3.63, 3.8) is 0 Å². The molecule has 11 nitrogen and oxygen atoms in total. The minimum absolute atomic E-state index is 0.0336. The summed E-state index contributed by atoms with van der Waals surface area (Å²) >= 11 is 0. The molecule has 3 heterocycles. The predicted molar refractivity (Wildman–Crippen MR) is 122 cm³/mol. The monoisotopic (exact) mass is 476 g/mol. The summed E-state index contributed by atoms with van der Waals surface area (Å²) in [5.41, 5.74) is -2.17. The van der Waals surface area contributed by atoms with Crippen LogP contribution >= 0.6 is 0 Å². The highest BCUT2D eigenvalue weighted by molar-refractivity contribution is 5.78. The van der Waals surface area contributed by atoms with Gasteiger partial charge in [0, 0.05) is 25.6 Å². The van der Waals surface area contributed by atoms with E-state index in [1.807, 2.05) is 13.8 Å². The van der Waals surface area contributed by atoms with E-state index in [0.717, 1.165) is 12.8 Å². The van der Waals surface area contributed by atoms with E-state index < -0.39 is 35.3 Å². The van der Waals surface area contributed by atoms with E-state index in [9.17, 15) is 24.3 Å². The second kappa shape index (κ2) is 11.0. The number of nitrogens with zero attached hydrogens (tertiary/aromatic N) is 1. The number of carbonyl (C=O) groups is 2. The van der Waals surface area contributed by atoms with E-state index in [0.29, 0.717) is 19.4 Å². The maximum absolute atomic E-state index is 12.4. The average Bonchev–Trinajstić information content (AvgIpc) is 3.26. The van der Waals surface area contributed by atoms with Gasteiger partial charge in [0.05, 0.1) is 13.2 Å². The molecular formula is C23H32N4O7. The number of fused-ring (bicyclic) bond motifs is 2. The van der Waals surface area contributed by atoms with Crippen molar-refractivity contribution in [2.75, 3.05) is 19.7 Å². The molecule has 2 aliphatic heterocycles. The first-order chi connectivity index (χ1) is 16.2. The lowest BCUT2D eigenvalue weighted by molar-refractivity contribution is -0.175. The lowest BCUT2D eigenvalue weighted by atomic mass is 9.96. The van der Waals surface area contributed by atoms with Crippen molar-refractivity contribution in [1.82, 2.24) is 20.2 Å². The van der Waals surface area contributed by atoms with Gasteiger partial charge in [0.2, 0.25) is 11.8 Å². The van der Waals surface area contributed by atoms with E-state index in [2.05, 4.69) is 27.5 Å². The Balaban J connectivity index is 1.57. The second-order valence-corrected chi connectivity index (χ2v) is 8.76. The van der Waals surface area contributed by atoms with Gasteiger partial charge < -0.3 is 25.2 Å². The number of aromatic amines is 1. The van der Waals surface area contributed by atoms with Crippen LogP contribution in [0.15, 0.2) is 15.8 Å². The fourth-order valence-corrected chi connectivity index (χ4v) is 4.15. The summed E-state index contributed by atoms with van der Waals surface area (Å²) in [6, 6.07) is 0. The van der Waals surface area contributed by atoms with Crippen molar-refractivity contribution < 1.29 is 24.2 Å². The number of unbranched alkanes of at least 4 members (excludes halogenated alkanes) is 1. The number of hydrogen-bond donors (Lipinski definition) is 4. The summed E-state index contributed by atoms with van der Waals surface area (Å²) in [5, 5.41) is 15.9. The third-order valence-corrected chi connectivity index (χ3v) is 6.31. The second-order valence-electron chi connectivity index (χ2n) is 8.76. The molecule has 1 aromatic heterocycles. The Bertz CT molecular complexity index is 1090. The van der Waals surface area contributed by atoms with Crippen LogP contribution in [0.4, 0.5) is 0 Å². The molecule has 0 saturated carbocycles. The number of aliphatic hydroxyl groups excluding tert-OH is 1. The summed E-state index contributed by atoms with van der Waals surface area (Å²) in [7, 11) is 0. The molecule has 0 spiro atoms. The maximum atomic E-state index is 12.4. The van der Waals surface area contributed by atoms with Crippen LogP contribution in [0.5, 0.6) is 0 Å². The SMILES string of the molecule is CC[C@@]12COC([C@H](n3cc(C#CCNC(=O)C(C)CCCCNC(C)=O)c(=O)[nH]c3=O)O1)[C@H]2O. The third-order valence-electron chi connectivity index (χ3n) is 6.31. The zero-order valence-electron chi connectivity index (χ0n) is 19.7. The van der Waals surface area contributed by atoms with Gasteiger partial charge in [-0.15, -0.1) is 0 Å². The molecule has 11 heteroatoms. The molecule has 2 fully saturated rings. The highest BCUT2D eigenvalue weighted by Crippen LogP contribution is 2.46. The Kier molecular flexibility index (Phi) is 8.30. The Hall–Kier alpha value is -2.94. The number of aromatic nitrogens is 2. The molecule has 186 valence electrons. The fourth-order valence-electron chi connectivity index (χ4n) is 4.15. The first kappa shape index (κ1) is 25.7. The Morgan fingerprint density at radius 1 is 1.35 bits per heavy atom. The molecule has 4 N–H and O–H groups in total. The van der Waals surface area contributed by atoms with E-state index in [4.69, 9.17) is 9.47 Å². The molecule has 0 aromatic carbocycles. The van der Waals surface area contributed by atoms with E-state index in [1.54, 1.807) is 0 Å². The van der Waals surface area contributed by atoms with Crippen LogP contribution in [0.25, 0.3) is 0 Å². The van der Waals surface area contributed by atoms with Gasteiger partial charge in [0.1, 0.15) is 23.4 Å². The number of rotatable bonds is 9. The largest absolute Gasteiger partial charge is 0.387 e. The molecule has 1 aromatic rings. The molecule has 2 aliphatic rings. The number of carbonyl (C=O) groups excluding carboxylic acids is 2. The van der Waals surface area contributed by atoms with Crippen LogP contribution in [0, 0.1) is 17.8 Å².